The van der Waals surface area contributed by atoms with E-state index in [1.54, 1.807) is 0 Å². The zero-order chi connectivity index (χ0) is 15.1. The van der Waals surface area contributed by atoms with Gasteiger partial charge in [-0.25, -0.2) is 0 Å². The Labute approximate surface area is 129 Å². The van der Waals surface area contributed by atoms with E-state index in [1.165, 1.54) is 57.2 Å². The molecule has 1 N–H and O–H groups in total. The minimum atomic E-state index is 0.477. The summed E-state index contributed by atoms with van der Waals surface area (Å²) in [5.74, 6) is 0. The number of nitrogens with zero attached hydrogens (tertiary/aromatic N) is 3. The normalized spacial score (nSPS) is 18.3. The summed E-state index contributed by atoms with van der Waals surface area (Å²) in [5, 5.41) is 7.95. The van der Waals surface area contributed by atoms with E-state index in [1.807, 2.05) is 17.9 Å². The number of aryl methyl sites for hydroxylation is 1. The zero-order valence-electron chi connectivity index (χ0n) is 14.1. The highest BCUT2D eigenvalue weighted by Crippen LogP contribution is 2.36. The van der Waals surface area contributed by atoms with Crippen LogP contribution in [0.25, 0.3) is 0 Å². The lowest BCUT2D eigenvalue weighted by molar-refractivity contribution is 0.114. The summed E-state index contributed by atoms with van der Waals surface area (Å²) in [4.78, 5) is 2.48. The van der Waals surface area contributed by atoms with Gasteiger partial charge in [0, 0.05) is 38.4 Å². The van der Waals surface area contributed by atoms with Gasteiger partial charge in [-0.15, -0.1) is 0 Å². The van der Waals surface area contributed by atoms with E-state index in [0.717, 1.165) is 13.1 Å². The van der Waals surface area contributed by atoms with Gasteiger partial charge in [-0.2, -0.15) is 5.10 Å². The first-order valence-electron chi connectivity index (χ1n) is 8.50. The van der Waals surface area contributed by atoms with Crippen molar-refractivity contribution in [2.45, 2.75) is 52.0 Å². The molecule has 0 atom stereocenters. The summed E-state index contributed by atoms with van der Waals surface area (Å²) >= 11 is 0. The second kappa shape index (κ2) is 7.95. The first-order chi connectivity index (χ1) is 10.1. The molecule has 1 aromatic heterocycles. The van der Waals surface area contributed by atoms with Crippen molar-refractivity contribution < 1.29 is 0 Å². The maximum absolute atomic E-state index is 4.27. The van der Waals surface area contributed by atoms with Gasteiger partial charge in [0.2, 0.25) is 0 Å². The van der Waals surface area contributed by atoms with Crippen molar-refractivity contribution in [3.05, 3.63) is 18.0 Å². The molecular formula is C17H32N4. The van der Waals surface area contributed by atoms with Crippen LogP contribution in [0.2, 0.25) is 0 Å². The van der Waals surface area contributed by atoms with E-state index in [0.29, 0.717) is 5.41 Å². The molecule has 0 radical (unpaired) electrons. The molecule has 0 bridgehead atoms. The van der Waals surface area contributed by atoms with Crippen LogP contribution in [0.1, 0.15) is 51.0 Å². The largest absolute Gasteiger partial charge is 0.316 e. The van der Waals surface area contributed by atoms with Gasteiger partial charge in [0.25, 0.3) is 0 Å². The lowest BCUT2D eigenvalue weighted by Gasteiger charge is -2.40. The third-order valence-electron chi connectivity index (χ3n) is 4.66. The zero-order valence-corrected chi connectivity index (χ0v) is 14.1. The molecule has 120 valence electrons. The Bertz CT molecular complexity index is 407. The monoisotopic (exact) mass is 292 g/mol. The van der Waals surface area contributed by atoms with Gasteiger partial charge in [0.05, 0.1) is 6.20 Å². The quantitative estimate of drug-likeness (QED) is 0.748. The van der Waals surface area contributed by atoms with Gasteiger partial charge in [0.15, 0.2) is 0 Å². The van der Waals surface area contributed by atoms with Crippen molar-refractivity contribution in [2.75, 3.05) is 26.7 Å². The van der Waals surface area contributed by atoms with E-state index in [-0.39, 0.29) is 0 Å². The van der Waals surface area contributed by atoms with Crippen molar-refractivity contribution in [3.63, 3.8) is 0 Å². The minimum Gasteiger partial charge on any atom is -0.316 e. The predicted molar refractivity (Wildman–Crippen MR) is 88.2 cm³/mol. The van der Waals surface area contributed by atoms with Crippen LogP contribution in [-0.2, 0) is 13.6 Å². The first-order valence-corrected chi connectivity index (χ1v) is 8.50. The lowest BCUT2D eigenvalue weighted by Crippen LogP contribution is -2.44. The van der Waals surface area contributed by atoms with Crippen LogP contribution in [-0.4, -0.2) is 41.4 Å². The van der Waals surface area contributed by atoms with E-state index in [2.05, 4.69) is 35.5 Å². The molecular weight excluding hydrogens is 260 g/mol. The Morgan fingerprint density at radius 1 is 1.33 bits per heavy atom. The van der Waals surface area contributed by atoms with E-state index in [9.17, 15) is 0 Å². The number of hydrogen-bond acceptors (Lipinski definition) is 3. The lowest BCUT2D eigenvalue weighted by atomic mass is 9.73. The molecule has 1 heterocycles. The Hall–Kier alpha value is -0.870. The molecule has 0 unspecified atom stereocenters. The van der Waals surface area contributed by atoms with Gasteiger partial charge in [-0.3, -0.25) is 4.68 Å². The maximum atomic E-state index is 4.27. The Morgan fingerprint density at radius 2 is 2.10 bits per heavy atom. The first kappa shape index (κ1) is 16.5. The number of hydrogen-bond donors (Lipinski definition) is 1. The average Bonchev–Trinajstić information content (AvgIpc) is 2.85. The van der Waals surface area contributed by atoms with Crippen LogP contribution in [0.4, 0.5) is 0 Å². The van der Waals surface area contributed by atoms with Crippen molar-refractivity contribution in [1.82, 2.24) is 20.0 Å². The van der Waals surface area contributed by atoms with Crippen LogP contribution < -0.4 is 5.32 Å². The van der Waals surface area contributed by atoms with Crippen molar-refractivity contribution in [1.29, 1.82) is 0 Å². The summed E-state index contributed by atoms with van der Waals surface area (Å²) in [7, 11) is 4.24. The van der Waals surface area contributed by atoms with Crippen LogP contribution in [0, 0.1) is 5.41 Å². The highest BCUT2D eigenvalue weighted by molar-refractivity contribution is 5.03. The fourth-order valence-corrected chi connectivity index (χ4v) is 3.72. The fourth-order valence-electron chi connectivity index (χ4n) is 3.72. The molecule has 1 fully saturated rings. The maximum Gasteiger partial charge on any atom is 0.0534 e. The van der Waals surface area contributed by atoms with E-state index < -0.39 is 0 Å². The van der Waals surface area contributed by atoms with Gasteiger partial charge in [-0.05, 0) is 38.3 Å². The Balaban J connectivity index is 1.90. The van der Waals surface area contributed by atoms with Crippen LogP contribution in [0.3, 0.4) is 0 Å². The summed E-state index contributed by atoms with van der Waals surface area (Å²) in [6.45, 7) is 6.77. The third-order valence-corrected chi connectivity index (χ3v) is 4.66. The second-order valence-corrected chi connectivity index (χ2v) is 6.93. The molecule has 0 saturated heterocycles. The van der Waals surface area contributed by atoms with Crippen LogP contribution >= 0.6 is 0 Å². The topological polar surface area (TPSA) is 33.1 Å². The summed E-state index contributed by atoms with van der Waals surface area (Å²) in [6.07, 6.45) is 12.3. The molecule has 1 aliphatic rings. The predicted octanol–water partition coefficient (Wildman–Crippen LogP) is 2.80. The van der Waals surface area contributed by atoms with Crippen molar-refractivity contribution in [2.24, 2.45) is 12.5 Å². The third kappa shape index (κ3) is 5.11. The number of rotatable bonds is 8. The standard InChI is InChI=1S/C17H32N4/c1-4-10-18-14-17(8-6-5-7-9-17)15-20(2)12-16-11-19-21(3)13-16/h11,13,18H,4-10,12,14-15H2,1-3H3. The molecule has 0 spiro atoms. The highest BCUT2D eigenvalue weighted by atomic mass is 15.2. The minimum absolute atomic E-state index is 0.477. The average molecular weight is 292 g/mol. The van der Waals surface area contributed by atoms with Gasteiger partial charge < -0.3 is 10.2 Å². The number of aromatic nitrogens is 2. The van der Waals surface area contributed by atoms with Crippen LogP contribution in [0.15, 0.2) is 12.4 Å². The number of nitrogens with one attached hydrogen (secondary N) is 1. The molecule has 1 aromatic rings. The molecule has 4 nitrogen and oxygen atoms in total. The molecule has 0 aliphatic heterocycles. The second-order valence-electron chi connectivity index (χ2n) is 6.93. The van der Waals surface area contributed by atoms with Gasteiger partial charge in [0.1, 0.15) is 0 Å². The smallest absolute Gasteiger partial charge is 0.0534 e. The Morgan fingerprint density at radius 3 is 2.71 bits per heavy atom. The summed E-state index contributed by atoms with van der Waals surface area (Å²) in [6, 6.07) is 0. The van der Waals surface area contributed by atoms with Crippen molar-refractivity contribution >= 4 is 0 Å². The summed E-state index contributed by atoms with van der Waals surface area (Å²) < 4.78 is 1.89. The van der Waals surface area contributed by atoms with E-state index in [4.69, 9.17) is 0 Å². The molecule has 21 heavy (non-hydrogen) atoms. The molecule has 0 aromatic carbocycles. The molecule has 2 rings (SSSR count). The SMILES string of the molecule is CCCNCC1(CN(C)Cc2cnn(C)c2)CCCCC1. The molecule has 0 amide bonds. The van der Waals surface area contributed by atoms with Crippen LogP contribution in [0.5, 0.6) is 0 Å². The molecule has 4 heteroatoms. The Kier molecular flexibility index (Phi) is 6.24. The van der Waals surface area contributed by atoms with E-state index >= 15 is 0 Å². The molecule has 1 aliphatic carbocycles. The van der Waals surface area contributed by atoms with Crippen molar-refractivity contribution in [3.8, 4) is 0 Å². The van der Waals surface area contributed by atoms with Gasteiger partial charge >= 0.3 is 0 Å². The fraction of sp³-hybridized carbons (Fsp3) is 0.824. The van der Waals surface area contributed by atoms with Gasteiger partial charge in [-0.1, -0.05) is 26.2 Å². The highest BCUT2D eigenvalue weighted by Gasteiger charge is 2.32. The summed E-state index contributed by atoms with van der Waals surface area (Å²) in [5.41, 5.74) is 1.79. The molecule has 1 saturated carbocycles.